The van der Waals surface area contributed by atoms with E-state index in [9.17, 15) is 14.6 Å². The van der Waals surface area contributed by atoms with E-state index in [1.807, 2.05) is 42.5 Å². The monoisotopic (exact) mass is 495 g/mol. The summed E-state index contributed by atoms with van der Waals surface area (Å²) in [6.45, 7) is 0.737. The molecule has 0 saturated carbocycles. The van der Waals surface area contributed by atoms with Gasteiger partial charge in [-0.2, -0.15) is 10.3 Å². The molecule has 0 spiro atoms. The number of nitrogens with zero attached hydrogens (tertiary/aromatic N) is 2. The minimum absolute atomic E-state index is 0.129. The van der Waals surface area contributed by atoms with E-state index < -0.39 is 25.9 Å². The summed E-state index contributed by atoms with van der Waals surface area (Å²) >= 11 is 0. The van der Waals surface area contributed by atoms with Gasteiger partial charge in [-0.05, 0) is 48.2 Å². The third kappa shape index (κ3) is 7.31. The number of hydrogen-bond acceptors (Lipinski definition) is 6. The van der Waals surface area contributed by atoms with Gasteiger partial charge in [-0.1, -0.05) is 60.7 Å². The van der Waals surface area contributed by atoms with E-state index in [0.717, 1.165) is 21.8 Å². The zero-order valence-electron chi connectivity index (χ0n) is 19.1. The maximum Gasteiger partial charge on any atom is 0.469 e. The zero-order chi connectivity index (χ0) is 25.5. The third-order valence-corrected chi connectivity index (χ3v) is 5.59. The van der Waals surface area contributed by atoms with Gasteiger partial charge in [0.25, 0.3) is 5.91 Å². The van der Waals surface area contributed by atoms with Crippen LogP contribution in [0, 0.1) is 11.3 Å². The van der Waals surface area contributed by atoms with Crippen LogP contribution in [0.5, 0.6) is 0 Å². The number of hydrogen-bond donors (Lipinski definition) is 3. The van der Waals surface area contributed by atoms with Crippen LogP contribution in [0.15, 0.2) is 78.9 Å². The highest BCUT2D eigenvalue weighted by atomic mass is 31.2. The smallest absolute Gasteiger partial charge is 0.316 e. The molecule has 3 aromatic carbocycles. The molecule has 0 fully saturated rings. The molecule has 0 radical (unpaired) electrons. The van der Waals surface area contributed by atoms with Crippen molar-refractivity contribution in [2.75, 3.05) is 18.3 Å². The Labute approximate surface area is 203 Å². The van der Waals surface area contributed by atoms with E-state index in [-0.39, 0.29) is 6.61 Å². The molecule has 0 aliphatic carbocycles. The molecular weight excluding hydrogens is 469 g/mol. The van der Waals surface area contributed by atoms with Crippen molar-refractivity contribution in [3.8, 4) is 17.2 Å². The number of hydroxylamine groups is 1. The van der Waals surface area contributed by atoms with Crippen LogP contribution in [0.3, 0.4) is 0 Å². The summed E-state index contributed by atoms with van der Waals surface area (Å²) in [5, 5.41) is 10.3. The maximum absolute atomic E-state index is 13.1. The Morgan fingerprint density at radius 1 is 1.06 bits per heavy atom. The van der Waals surface area contributed by atoms with Crippen LogP contribution in [0.25, 0.3) is 11.1 Å². The fraction of sp³-hybridized carbons (Fsp3) is 0.200. The molecule has 0 aromatic heterocycles. The fourth-order valence-electron chi connectivity index (χ4n) is 3.26. The Morgan fingerprint density at radius 2 is 1.69 bits per heavy atom. The number of para-hydroxylation sites is 1. The average Bonchev–Trinajstić information content (AvgIpc) is 2.85. The Bertz CT molecular complexity index is 1240. The number of carbonyl (C=O) groups is 1. The lowest BCUT2D eigenvalue weighted by molar-refractivity contribution is -0.132. The largest absolute Gasteiger partial charge is 0.469 e. The number of benzene rings is 3. The van der Waals surface area contributed by atoms with Crippen molar-refractivity contribution >= 4 is 19.4 Å². The summed E-state index contributed by atoms with van der Waals surface area (Å²) in [5.74, 6) is -0.722. The summed E-state index contributed by atoms with van der Waals surface area (Å²) < 4.78 is 15.5. The number of phosphoric acid groups is 1. The topological polar surface area (TPSA) is 146 Å². The number of phosphoric ester groups is 1. The number of nitriles is 1. The minimum atomic E-state index is -4.81. The van der Waals surface area contributed by atoms with E-state index in [1.54, 1.807) is 36.4 Å². The van der Waals surface area contributed by atoms with Crippen LogP contribution in [0.1, 0.15) is 18.1 Å². The second kappa shape index (κ2) is 11.4. The van der Waals surface area contributed by atoms with Crippen molar-refractivity contribution in [1.29, 1.82) is 5.26 Å². The molecule has 10 heteroatoms. The molecule has 0 bridgehead atoms. The first-order chi connectivity index (χ1) is 16.6. The average molecular weight is 495 g/mol. The minimum Gasteiger partial charge on any atom is -0.316 e. The Morgan fingerprint density at radius 3 is 2.31 bits per heavy atom. The van der Waals surface area contributed by atoms with Crippen LogP contribution in [0.2, 0.25) is 0 Å². The lowest BCUT2D eigenvalue weighted by Gasteiger charge is -2.30. The molecule has 3 aromatic rings. The first-order valence-electron chi connectivity index (χ1n) is 10.7. The van der Waals surface area contributed by atoms with E-state index in [4.69, 9.17) is 20.4 Å². The lowest BCUT2D eigenvalue weighted by Crippen LogP contribution is -2.56. The van der Waals surface area contributed by atoms with Gasteiger partial charge in [0.1, 0.15) is 5.54 Å². The molecular formula is C25H26N3O6P. The van der Waals surface area contributed by atoms with Gasteiger partial charge >= 0.3 is 7.82 Å². The number of rotatable bonds is 10. The van der Waals surface area contributed by atoms with Crippen molar-refractivity contribution in [3.05, 3.63) is 90.0 Å². The summed E-state index contributed by atoms with van der Waals surface area (Å²) in [6, 6.07) is 25.7. The third-order valence-electron chi connectivity index (χ3n) is 5.12. The second-order valence-corrected chi connectivity index (χ2v) is 9.29. The normalized spacial score (nSPS) is 13.0. The van der Waals surface area contributed by atoms with Crippen molar-refractivity contribution in [2.45, 2.75) is 18.9 Å². The van der Waals surface area contributed by atoms with Gasteiger partial charge in [-0.3, -0.25) is 14.2 Å². The lowest BCUT2D eigenvalue weighted by atomic mass is 9.99. The van der Waals surface area contributed by atoms with Crippen molar-refractivity contribution in [1.82, 2.24) is 0 Å². The molecule has 0 saturated heterocycles. The fourth-order valence-corrected chi connectivity index (χ4v) is 3.70. The van der Waals surface area contributed by atoms with E-state index in [1.165, 1.54) is 6.92 Å². The van der Waals surface area contributed by atoms with Gasteiger partial charge in [-0.25, -0.2) is 4.57 Å². The Balaban J connectivity index is 1.70. The molecule has 182 valence electrons. The van der Waals surface area contributed by atoms with E-state index in [2.05, 4.69) is 10.6 Å². The van der Waals surface area contributed by atoms with Gasteiger partial charge in [-0.15, -0.1) is 0 Å². The molecule has 1 amide bonds. The number of carbonyl (C=O) groups excluding carboxylic acids is 1. The molecule has 35 heavy (non-hydrogen) atoms. The van der Waals surface area contributed by atoms with Crippen LogP contribution in [-0.4, -0.2) is 34.4 Å². The molecule has 1 unspecified atom stereocenters. The van der Waals surface area contributed by atoms with Crippen LogP contribution >= 0.6 is 7.82 Å². The number of anilines is 1. The number of nitrogens with two attached hydrogens (primary N) is 1. The molecule has 9 nitrogen and oxygen atoms in total. The van der Waals surface area contributed by atoms with Crippen LogP contribution in [-0.2, 0) is 25.1 Å². The summed E-state index contributed by atoms with van der Waals surface area (Å²) in [4.78, 5) is 36.8. The van der Waals surface area contributed by atoms with Crippen molar-refractivity contribution in [2.24, 2.45) is 5.73 Å². The Kier molecular flexibility index (Phi) is 8.54. The van der Waals surface area contributed by atoms with Gasteiger partial charge in [0, 0.05) is 0 Å². The first-order valence-corrected chi connectivity index (χ1v) is 12.2. The van der Waals surface area contributed by atoms with E-state index >= 15 is 0 Å². The molecule has 3 rings (SSSR count). The van der Waals surface area contributed by atoms with Crippen molar-refractivity contribution in [3.63, 3.8) is 0 Å². The van der Waals surface area contributed by atoms with Crippen LogP contribution in [0.4, 0.5) is 5.69 Å². The molecule has 0 heterocycles. The van der Waals surface area contributed by atoms with Crippen LogP contribution < -0.4 is 10.8 Å². The zero-order valence-corrected chi connectivity index (χ0v) is 20.0. The summed E-state index contributed by atoms with van der Waals surface area (Å²) in [7, 11) is -4.81. The summed E-state index contributed by atoms with van der Waals surface area (Å²) in [5.41, 5.74) is 7.97. The highest BCUT2D eigenvalue weighted by Crippen LogP contribution is 2.36. The predicted molar refractivity (Wildman–Crippen MR) is 131 cm³/mol. The molecule has 4 N–H and O–H groups in total. The molecule has 0 aliphatic heterocycles. The highest BCUT2D eigenvalue weighted by Gasteiger charge is 2.37. The van der Waals surface area contributed by atoms with Gasteiger partial charge in [0.15, 0.2) is 0 Å². The van der Waals surface area contributed by atoms with Gasteiger partial charge in [0.2, 0.25) is 0 Å². The highest BCUT2D eigenvalue weighted by molar-refractivity contribution is 7.46. The summed E-state index contributed by atoms with van der Waals surface area (Å²) in [6.07, 6.45) is 0.469. The predicted octanol–water partition coefficient (Wildman–Crippen LogP) is 3.56. The standard InChI is InChI=1S/C25H26N3O6P/c1-25(27,18-34-35(30,31)32)24(29)28(22-8-3-2-4-9-22)33-16-15-19-11-13-20(14-12-19)23-10-6-5-7-21(23)17-26/h2-14H,15-16,18,27H2,1H3,(H2,30,31,32). The quantitative estimate of drug-likeness (QED) is 0.286. The van der Waals surface area contributed by atoms with E-state index in [0.29, 0.717) is 17.7 Å². The maximum atomic E-state index is 13.1. The molecule has 1 atom stereocenters. The van der Waals surface area contributed by atoms with Gasteiger partial charge < -0.3 is 15.5 Å². The number of amides is 1. The molecule has 0 aliphatic rings. The SMILES string of the molecule is CC(N)(COP(=O)(O)O)C(=O)N(OCCc1ccc(-c2ccccc2C#N)cc1)c1ccccc1. The van der Waals surface area contributed by atoms with Crippen molar-refractivity contribution < 1.29 is 28.5 Å². The Hall–Kier alpha value is -3.35. The first kappa shape index (κ1) is 26.3. The second-order valence-electron chi connectivity index (χ2n) is 8.05. The van der Waals surface area contributed by atoms with Gasteiger partial charge in [0.05, 0.1) is 30.5 Å².